The first-order valence-electron chi connectivity index (χ1n) is 10.2. The highest BCUT2D eigenvalue weighted by Crippen LogP contribution is 2.28. The molecule has 0 saturated heterocycles. The van der Waals surface area contributed by atoms with Gasteiger partial charge < -0.3 is 14.0 Å². The van der Waals surface area contributed by atoms with Gasteiger partial charge in [-0.05, 0) is 47.8 Å². The van der Waals surface area contributed by atoms with Crippen LogP contribution in [0.3, 0.4) is 0 Å². The van der Waals surface area contributed by atoms with E-state index in [9.17, 15) is 4.39 Å². The molecule has 5 aromatic rings. The van der Waals surface area contributed by atoms with Gasteiger partial charge in [0.2, 0.25) is 0 Å². The van der Waals surface area contributed by atoms with Crippen molar-refractivity contribution in [2.24, 2.45) is 0 Å². The van der Waals surface area contributed by atoms with E-state index in [1.165, 1.54) is 29.2 Å². The van der Waals surface area contributed by atoms with Crippen LogP contribution >= 0.6 is 23.1 Å². The van der Waals surface area contributed by atoms with Crippen LogP contribution in [-0.2, 0) is 12.4 Å². The van der Waals surface area contributed by atoms with E-state index in [4.69, 9.17) is 14.0 Å². The number of para-hydroxylation sites is 1. The van der Waals surface area contributed by atoms with E-state index in [1.54, 1.807) is 54.1 Å². The van der Waals surface area contributed by atoms with Crippen molar-refractivity contribution in [3.8, 4) is 28.0 Å². The monoisotopic (exact) mass is 495 g/mol. The third-order valence-electron chi connectivity index (χ3n) is 4.75. The van der Waals surface area contributed by atoms with Gasteiger partial charge in [0.1, 0.15) is 23.9 Å². The second-order valence-electron chi connectivity index (χ2n) is 6.93. The molecule has 0 atom stereocenters. The minimum atomic E-state index is -0.394. The van der Waals surface area contributed by atoms with Gasteiger partial charge in [-0.25, -0.2) is 4.39 Å². The lowest BCUT2D eigenvalue weighted by atomic mass is 10.3. The third-order valence-corrected chi connectivity index (χ3v) is 6.53. The maximum atomic E-state index is 14.7. The van der Waals surface area contributed by atoms with E-state index in [2.05, 4.69) is 20.3 Å². The van der Waals surface area contributed by atoms with E-state index < -0.39 is 5.82 Å². The topological polar surface area (TPSA) is 88.1 Å². The number of halogens is 1. The van der Waals surface area contributed by atoms with Crippen molar-refractivity contribution in [3.05, 3.63) is 83.5 Å². The zero-order valence-corrected chi connectivity index (χ0v) is 19.6. The summed E-state index contributed by atoms with van der Waals surface area (Å²) in [4.78, 5) is 5.33. The van der Waals surface area contributed by atoms with E-state index in [0.29, 0.717) is 39.9 Å². The van der Waals surface area contributed by atoms with Crippen LogP contribution in [0.1, 0.15) is 11.6 Å². The molecule has 0 amide bonds. The Morgan fingerprint density at radius 1 is 1.03 bits per heavy atom. The van der Waals surface area contributed by atoms with Gasteiger partial charge in [0.05, 0.1) is 23.4 Å². The lowest BCUT2D eigenvalue weighted by Gasteiger charge is -2.12. The standard InChI is InChI=1S/C23H18FN5O3S2/c1-30-15-8-10-16(11-9-15)31-13-21-26-27-23(29(21)18-6-3-2-5-17(18)24)34-14-20-25-22(32-28-20)19-7-4-12-33-19/h2-12H,13-14H2,1H3. The Morgan fingerprint density at radius 3 is 2.62 bits per heavy atom. The number of nitrogens with zero attached hydrogens (tertiary/aromatic N) is 5. The molecular weight excluding hydrogens is 477 g/mol. The zero-order valence-electron chi connectivity index (χ0n) is 17.9. The molecule has 0 bridgehead atoms. The van der Waals surface area contributed by atoms with Crippen molar-refractivity contribution in [2.45, 2.75) is 17.5 Å². The number of ether oxygens (including phenoxy) is 2. The maximum Gasteiger partial charge on any atom is 0.268 e. The summed E-state index contributed by atoms with van der Waals surface area (Å²) in [7, 11) is 1.60. The van der Waals surface area contributed by atoms with Gasteiger partial charge in [-0.2, -0.15) is 4.98 Å². The Morgan fingerprint density at radius 2 is 1.85 bits per heavy atom. The number of thiophene rings is 1. The quantitative estimate of drug-likeness (QED) is 0.251. The number of hydrogen-bond acceptors (Lipinski definition) is 9. The van der Waals surface area contributed by atoms with Crippen LogP contribution < -0.4 is 9.47 Å². The summed E-state index contributed by atoms with van der Waals surface area (Å²) in [6, 6.07) is 17.5. The number of rotatable bonds is 9. The SMILES string of the molecule is COc1ccc(OCc2nnc(SCc3noc(-c4cccs4)n3)n2-c2ccccc2F)cc1. The Kier molecular flexibility index (Phi) is 6.54. The molecule has 3 heterocycles. The molecule has 0 fully saturated rings. The first kappa shape index (κ1) is 22.1. The largest absolute Gasteiger partial charge is 0.497 e. The van der Waals surface area contributed by atoms with Crippen LogP contribution in [0.5, 0.6) is 11.5 Å². The Balaban J connectivity index is 1.37. The molecule has 2 aromatic carbocycles. The third kappa shape index (κ3) is 4.80. The molecule has 0 aliphatic heterocycles. The highest BCUT2D eigenvalue weighted by atomic mass is 32.2. The first-order valence-corrected chi connectivity index (χ1v) is 12.0. The van der Waals surface area contributed by atoms with Crippen molar-refractivity contribution < 1.29 is 18.4 Å². The van der Waals surface area contributed by atoms with Crippen molar-refractivity contribution >= 4 is 23.1 Å². The van der Waals surface area contributed by atoms with Crippen molar-refractivity contribution in [3.63, 3.8) is 0 Å². The lowest BCUT2D eigenvalue weighted by molar-refractivity contribution is 0.292. The maximum absolute atomic E-state index is 14.7. The van der Waals surface area contributed by atoms with Gasteiger partial charge in [0.25, 0.3) is 5.89 Å². The minimum Gasteiger partial charge on any atom is -0.497 e. The van der Waals surface area contributed by atoms with Gasteiger partial charge >= 0.3 is 0 Å². The summed E-state index contributed by atoms with van der Waals surface area (Å²) in [6.45, 7) is 0.0962. The van der Waals surface area contributed by atoms with Gasteiger partial charge in [-0.1, -0.05) is 35.1 Å². The van der Waals surface area contributed by atoms with E-state index in [1.807, 2.05) is 17.5 Å². The van der Waals surface area contributed by atoms with E-state index in [-0.39, 0.29) is 6.61 Å². The summed E-state index contributed by atoms with van der Waals surface area (Å²) < 4.78 is 32.7. The molecule has 3 aromatic heterocycles. The number of aromatic nitrogens is 5. The summed E-state index contributed by atoms with van der Waals surface area (Å²) in [5.74, 6) is 2.77. The highest BCUT2D eigenvalue weighted by Gasteiger charge is 2.19. The summed E-state index contributed by atoms with van der Waals surface area (Å²) in [5, 5.41) is 15.0. The normalized spacial score (nSPS) is 11.0. The second-order valence-corrected chi connectivity index (χ2v) is 8.82. The fraction of sp³-hybridized carbons (Fsp3) is 0.130. The van der Waals surface area contributed by atoms with E-state index >= 15 is 0 Å². The molecule has 0 aliphatic carbocycles. The average molecular weight is 496 g/mol. The van der Waals surface area contributed by atoms with Gasteiger partial charge in [0, 0.05) is 0 Å². The van der Waals surface area contributed by atoms with Crippen LogP contribution in [0.15, 0.2) is 75.7 Å². The number of thioether (sulfide) groups is 1. The van der Waals surface area contributed by atoms with Crippen LogP contribution in [0, 0.1) is 5.82 Å². The van der Waals surface area contributed by atoms with Crippen LogP contribution in [-0.4, -0.2) is 32.0 Å². The fourth-order valence-corrected chi connectivity index (χ4v) is 4.58. The van der Waals surface area contributed by atoms with Gasteiger partial charge in [0.15, 0.2) is 16.8 Å². The summed E-state index contributed by atoms with van der Waals surface area (Å²) in [5.41, 5.74) is 0.329. The molecular formula is C23H18FN5O3S2. The van der Waals surface area contributed by atoms with E-state index in [0.717, 1.165) is 10.6 Å². The molecule has 0 N–H and O–H groups in total. The number of benzene rings is 2. The molecule has 0 unspecified atom stereocenters. The molecule has 0 saturated carbocycles. The Bertz CT molecular complexity index is 1370. The zero-order chi connectivity index (χ0) is 23.3. The lowest BCUT2D eigenvalue weighted by Crippen LogP contribution is -2.08. The first-order chi connectivity index (χ1) is 16.7. The average Bonchev–Trinajstić information content (AvgIpc) is 3.63. The number of methoxy groups -OCH3 is 1. The van der Waals surface area contributed by atoms with Crippen LogP contribution in [0.4, 0.5) is 4.39 Å². The van der Waals surface area contributed by atoms with Gasteiger partial charge in [-0.15, -0.1) is 21.5 Å². The summed E-state index contributed by atoms with van der Waals surface area (Å²) >= 11 is 2.85. The van der Waals surface area contributed by atoms with Crippen molar-refractivity contribution in [1.29, 1.82) is 0 Å². The van der Waals surface area contributed by atoms with Crippen molar-refractivity contribution in [1.82, 2.24) is 24.9 Å². The summed E-state index contributed by atoms with van der Waals surface area (Å²) in [6.07, 6.45) is 0. The Labute approximate surface area is 202 Å². The Hall–Kier alpha value is -3.70. The molecule has 0 aliphatic rings. The molecule has 34 heavy (non-hydrogen) atoms. The number of hydrogen-bond donors (Lipinski definition) is 0. The highest BCUT2D eigenvalue weighted by molar-refractivity contribution is 7.98. The molecule has 0 radical (unpaired) electrons. The van der Waals surface area contributed by atoms with Crippen LogP contribution in [0.25, 0.3) is 16.5 Å². The minimum absolute atomic E-state index is 0.0962. The van der Waals surface area contributed by atoms with Crippen LogP contribution in [0.2, 0.25) is 0 Å². The molecule has 5 rings (SSSR count). The molecule has 8 nitrogen and oxygen atoms in total. The smallest absolute Gasteiger partial charge is 0.268 e. The molecule has 172 valence electrons. The fourth-order valence-electron chi connectivity index (χ4n) is 3.12. The predicted octanol–water partition coefficient (Wildman–Crippen LogP) is 5.40. The molecule has 11 heteroatoms. The second kappa shape index (κ2) is 10.1. The van der Waals surface area contributed by atoms with Crippen molar-refractivity contribution in [2.75, 3.05) is 7.11 Å². The van der Waals surface area contributed by atoms with Gasteiger partial charge in [-0.3, -0.25) is 4.57 Å². The molecule has 0 spiro atoms. The predicted molar refractivity (Wildman–Crippen MR) is 126 cm³/mol.